The van der Waals surface area contributed by atoms with Gasteiger partial charge >= 0.3 is 0 Å². The number of nitrogens with one attached hydrogen (secondary N) is 1. The Bertz CT molecular complexity index is 768. The zero-order valence-corrected chi connectivity index (χ0v) is 14.0. The second kappa shape index (κ2) is 6.98. The van der Waals surface area contributed by atoms with E-state index in [0.29, 0.717) is 11.1 Å². The van der Waals surface area contributed by atoms with Crippen LogP contribution < -0.4 is 5.32 Å². The average molecular weight is 335 g/mol. The summed E-state index contributed by atoms with van der Waals surface area (Å²) in [4.78, 5) is 13.2. The number of sulfone groups is 1. The molecule has 0 unspecified atom stereocenters. The first-order valence-corrected chi connectivity index (χ1v) is 9.88. The van der Waals surface area contributed by atoms with Crippen LogP contribution in [0.15, 0.2) is 53.4 Å². The van der Waals surface area contributed by atoms with Gasteiger partial charge in [0, 0.05) is 16.7 Å². The van der Waals surface area contributed by atoms with Crippen LogP contribution >= 0.6 is 11.8 Å². The fraction of sp³-hybridized carbons (Fsp3) is 0.188. The Kier molecular flexibility index (Phi) is 5.26. The Labute approximate surface area is 134 Å². The number of hydrogen-bond donors (Lipinski definition) is 1. The minimum Gasteiger partial charge on any atom is -0.321 e. The number of para-hydroxylation sites is 1. The summed E-state index contributed by atoms with van der Waals surface area (Å²) >= 11 is 1.56. The topological polar surface area (TPSA) is 63.2 Å². The smallest absolute Gasteiger partial charge is 0.255 e. The SMILES string of the molecule is CSc1ccccc1NC(=O)c1ccc(CS(C)(=O)=O)cc1. The number of thioether (sulfide) groups is 1. The number of hydrogen-bond acceptors (Lipinski definition) is 4. The highest BCUT2D eigenvalue weighted by atomic mass is 32.2. The lowest BCUT2D eigenvalue weighted by Gasteiger charge is -2.09. The maximum Gasteiger partial charge on any atom is 0.255 e. The van der Waals surface area contributed by atoms with Gasteiger partial charge in [0.15, 0.2) is 9.84 Å². The van der Waals surface area contributed by atoms with Gasteiger partial charge in [0.05, 0.1) is 11.4 Å². The molecule has 1 amide bonds. The van der Waals surface area contributed by atoms with E-state index in [1.54, 1.807) is 36.0 Å². The summed E-state index contributed by atoms with van der Waals surface area (Å²) in [6, 6.07) is 14.2. The molecule has 0 aliphatic heterocycles. The predicted octanol–water partition coefficient (Wildman–Crippen LogP) is 3.21. The lowest BCUT2D eigenvalue weighted by atomic mass is 10.1. The van der Waals surface area contributed by atoms with Crippen molar-refractivity contribution in [2.75, 3.05) is 17.8 Å². The fourth-order valence-corrected chi connectivity index (χ4v) is 3.35. The first-order chi connectivity index (χ1) is 10.4. The van der Waals surface area contributed by atoms with Crippen LogP contribution in [0.25, 0.3) is 0 Å². The largest absolute Gasteiger partial charge is 0.321 e. The van der Waals surface area contributed by atoms with Gasteiger partial charge in [-0.15, -0.1) is 11.8 Å². The van der Waals surface area contributed by atoms with Crippen molar-refractivity contribution in [1.29, 1.82) is 0 Å². The molecule has 0 saturated heterocycles. The van der Waals surface area contributed by atoms with Crippen LogP contribution in [-0.2, 0) is 15.6 Å². The molecule has 2 aromatic carbocycles. The Balaban J connectivity index is 2.13. The van der Waals surface area contributed by atoms with Crippen molar-refractivity contribution < 1.29 is 13.2 Å². The molecular formula is C16H17NO3S2. The fourth-order valence-electron chi connectivity index (χ4n) is 2.00. The molecule has 0 bridgehead atoms. The molecule has 0 heterocycles. The molecule has 2 aromatic rings. The van der Waals surface area contributed by atoms with Gasteiger partial charge in [-0.05, 0) is 36.1 Å². The molecule has 0 saturated carbocycles. The van der Waals surface area contributed by atoms with Gasteiger partial charge in [0.25, 0.3) is 5.91 Å². The Morgan fingerprint density at radius 2 is 1.73 bits per heavy atom. The maximum absolute atomic E-state index is 12.2. The molecule has 4 nitrogen and oxygen atoms in total. The van der Waals surface area contributed by atoms with E-state index in [0.717, 1.165) is 10.6 Å². The van der Waals surface area contributed by atoms with Crippen LogP contribution in [0.5, 0.6) is 0 Å². The number of rotatable bonds is 5. The van der Waals surface area contributed by atoms with Gasteiger partial charge in [0.2, 0.25) is 0 Å². The third kappa shape index (κ3) is 4.61. The highest BCUT2D eigenvalue weighted by Crippen LogP contribution is 2.25. The van der Waals surface area contributed by atoms with Gasteiger partial charge in [-0.3, -0.25) is 4.79 Å². The number of anilines is 1. The minimum atomic E-state index is -3.07. The monoisotopic (exact) mass is 335 g/mol. The van der Waals surface area contributed by atoms with Crippen molar-refractivity contribution in [2.24, 2.45) is 0 Å². The van der Waals surface area contributed by atoms with E-state index in [1.807, 2.05) is 30.5 Å². The van der Waals surface area contributed by atoms with Crippen molar-refractivity contribution >= 4 is 33.2 Å². The molecule has 0 aliphatic carbocycles. The summed E-state index contributed by atoms with van der Waals surface area (Å²) in [6.07, 6.45) is 3.14. The van der Waals surface area contributed by atoms with Gasteiger partial charge in [-0.1, -0.05) is 24.3 Å². The molecule has 0 fully saturated rings. The van der Waals surface area contributed by atoms with Gasteiger partial charge in [-0.2, -0.15) is 0 Å². The lowest BCUT2D eigenvalue weighted by Crippen LogP contribution is -2.12. The number of carbonyl (C=O) groups excluding carboxylic acids is 1. The van der Waals surface area contributed by atoms with E-state index in [9.17, 15) is 13.2 Å². The molecule has 0 aromatic heterocycles. The van der Waals surface area contributed by atoms with Crippen molar-refractivity contribution in [2.45, 2.75) is 10.6 Å². The predicted molar refractivity (Wildman–Crippen MR) is 91.2 cm³/mol. The van der Waals surface area contributed by atoms with Crippen LogP contribution in [-0.4, -0.2) is 26.8 Å². The minimum absolute atomic E-state index is 0.0236. The van der Waals surface area contributed by atoms with Crippen LogP contribution in [0.4, 0.5) is 5.69 Å². The second-order valence-electron chi connectivity index (χ2n) is 4.92. The Morgan fingerprint density at radius 1 is 1.09 bits per heavy atom. The van der Waals surface area contributed by atoms with Gasteiger partial charge in [-0.25, -0.2) is 8.42 Å². The van der Waals surface area contributed by atoms with Crippen LogP contribution in [0.2, 0.25) is 0 Å². The van der Waals surface area contributed by atoms with Crippen molar-refractivity contribution in [3.8, 4) is 0 Å². The maximum atomic E-state index is 12.2. The molecule has 2 rings (SSSR count). The van der Waals surface area contributed by atoms with E-state index in [2.05, 4.69) is 5.32 Å². The Morgan fingerprint density at radius 3 is 2.32 bits per heavy atom. The summed E-state index contributed by atoms with van der Waals surface area (Å²) in [5, 5.41) is 2.87. The first-order valence-electron chi connectivity index (χ1n) is 6.60. The van der Waals surface area contributed by atoms with Crippen LogP contribution in [0, 0.1) is 0 Å². The molecule has 6 heteroatoms. The Hall–Kier alpha value is -1.79. The van der Waals surface area contributed by atoms with Gasteiger partial charge in [0.1, 0.15) is 0 Å². The summed E-state index contributed by atoms with van der Waals surface area (Å²) in [6.45, 7) is 0. The molecule has 0 spiro atoms. The number of amides is 1. The second-order valence-corrected chi connectivity index (χ2v) is 7.91. The molecule has 0 aliphatic rings. The number of benzene rings is 2. The molecular weight excluding hydrogens is 318 g/mol. The summed E-state index contributed by atoms with van der Waals surface area (Å²) in [5.74, 6) is -0.239. The van der Waals surface area contributed by atoms with Crippen molar-refractivity contribution in [3.63, 3.8) is 0 Å². The summed E-state index contributed by atoms with van der Waals surface area (Å²) < 4.78 is 22.5. The summed E-state index contributed by atoms with van der Waals surface area (Å²) in [7, 11) is -3.07. The zero-order chi connectivity index (χ0) is 16.2. The van der Waals surface area contributed by atoms with E-state index in [-0.39, 0.29) is 11.7 Å². The quantitative estimate of drug-likeness (QED) is 0.852. The van der Waals surface area contributed by atoms with Crippen molar-refractivity contribution in [1.82, 2.24) is 0 Å². The first kappa shape index (κ1) is 16.6. The molecule has 0 atom stereocenters. The highest BCUT2D eigenvalue weighted by Gasteiger charge is 2.10. The van der Waals surface area contributed by atoms with Gasteiger partial charge < -0.3 is 5.32 Å². The average Bonchev–Trinajstić information content (AvgIpc) is 2.47. The van der Waals surface area contributed by atoms with Crippen LogP contribution in [0.3, 0.4) is 0 Å². The molecule has 22 heavy (non-hydrogen) atoms. The molecule has 1 N–H and O–H groups in total. The lowest BCUT2D eigenvalue weighted by molar-refractivity contribution is 0.102. The van der Waals surface area contributed by atoms with E-state index in [1.165, 1.54) is 6.26 Å². The zero-order valence-electron chi connectivity index (χ0n) is 12.4. The number of carbonyl (C=O) groups is 1. The summed E-state index contributed by atoms with van der Waals surface area (Å²) in [5.41, 5.74) is 1.93. The van der Waals surface area contributed by atoms with E-state index < -0.39 is 9.84 Å². The third-order valence-electron chi connectivity index (χ3n) is 3.00. The normalized spacial score (nSPS) is 11.2. The van der Waals surface area contributed by atoms with E-state index >= 15 is 0 Å². The van der Waals surface area contributed by atoms with Crippen molar-refractivity contribution in [3.05, 3.63) is 59.7 Å². The standard InChI is InChI=1S/C16H17NO3S2/c1-21-15-6-4-3-5-14(15)17-16(18)13-9-7-12(8-10-13)11-22(2,19)20/h3-10H,11H2,1-2H3,(H,17,18). The highest BCUT2D eigenvalue weighted by molar-refractivity contribution is 7.98. The molecule has 0 radical (unpaired) electrons. The van der Waals surface area contributed by atoms with Crippen LogP contribution in [0.1, 0.15) is 15.9 Å². The third-order valence-corrected chi connectivity index (χ3v) is 4.65. The molecule has 116 valence electrons. The van der Waals surface area contributed by atoms with E-state index in [4.69, 9.17) is 0 Å².